The molecule has 2 rings (SSSR count). The van der Waals surface area contributed by atoms with Crippen LogP contribution in [0.3, 0.4) is 0 Å². The third-order valence-electron chi connectivity index (χ3n) is 2.80. The van der Waals surface area contributed by atoms with Crippen LogP contribution < -0.4 is 5.32 Å². The Bertz CT molecular complexity index is 362. The molecule has 1 heterocycles. The number of hydrogen-bond acceptors (Lipinski definition) is 3. The van der Waals surface area contributed by atoms with Crippen molar-refractivity contribution in [2.24, 2.45) is 0 Å². The summed E-state index contributed by atoms with van der Waals surface area (Å²) in [6, 6.07) is 3.07. The fourth-order valence-electron chi connectivity index (χ4n) is 2.00. The van der Waals surface area contributed by atoms with Crippen molar-refractivity contribution in [1.82, 2.24) is 5.32 Å². The van der Waals surface area contributed by atoms with Gasteiger partial charge < -0.3 is 15.5 Å². The first kappa shape index (κ1) is 10.6. The average Bonchev–Trinajstić information content (AvgIpc) is 2.26. The van der Waals surface area contributed by atoms with Crippen molar-refractivity contribution in [3.63, 3.8) is 0 Å². The van der Waals surface area contributed by atoms with Crippen LogP contribution in [0, 0.1) is 0 Å². The fraction of sp³-hybridized carbons (Fsp3) is 0.455. The van der Waals surface area contributed by atoms with E-state index in [0.29, 0.717) is 10.6 Å². The summed E-state index contributed by atoms with van der Waals surface area (Å²) in [5, 5.41) is 23.0. The van der Waals surface area contributed by atoms with Gasteiger partial charge in [-0.05, 0) is 31.5 Å². The molecule has 15 heavy (non-hydrogen) atoms. The molecule has 3 nitrogen and oxygen atoms in total. The maximum Gasteiger partial charge on any atom is 0.163 e. The molecule has 1 aromatic rings. The van der Waals surface area contributed by atoms with Gasteiger partial charge in [0.1, 0.15) is 0 Å². The van der Waals surface area contributed by atoms with Crippen molar-refractivity contribution in [3.05, 3.63) is 22.7 Å². The highest BCUT2D eigenvalue weighted by Crippen LogP contribution is 2.40. The standard InChI is InChI=1S/C11H14ClNO2/c12-7-4-5-9(14)11(15)10(7)8-3-1-2-6-13-8/h4-5,8,13-15H,1-3,6H2. The van der Waals surface area contributed by atoms with Crippen LogP contribution in [0.25, 0.3) is 0 Å². The maximum atomic E-state index is 9.76. The van der Waals surface area contributed by atoms with Gasteiger partial charge in [-0.25, -0.2) is 0 Å². The molecule has 1 saturated heterocycles. The van der Waals surface area contributed by atoms with E-state index in [1.165, 1.54) is 6.07 Å². The van der Waals surface area contributed by atoms with Gasteiger partial charge in [0.25, 0.3) is 0 Å². The topological polar surface area (TPSA) is 52.5 Å². The first-order valence-electron chi connectivity index (χ1n) is 5.14. The summed E-state index contributed by atoms with van der Waals surface area (Å²) < 4.78 is 0. The van der Waals surface area contributed by atoms with E-state index in [1.807, 2.05) is 0 Å². The van der Waals surface area contributed by atoms with E-state index in [4.69, 9.17) is 11.6 Å². The van der Waals surface area contributed by atoms with Crippen molar-refractivity contribution < 1.29 is 10.2 Å². The van der Waals surface area contributed by atoms with Gasteiger partial charge in [-0.1, -0.05) is 18.0 Å². The molecule has 0 aromatic heterocycles. The SMILES string of the molecule is Oc1ccc(Cl)c(C2CCCCN2)c1O. The number of phenolic OH excluding ortho intramolecular Hbond substituents is 2. The molecule has 1 aliphatic rings. The van der Waals surface area contributed by atoms with E-state index < -0.39 is 0 Å². The fourth-order valence-corrected chi connectivity index (χ4v) is 2.29. The van der Waals surface area contributed by atoms with Crippen LogP contribution in [-0.4, -0.2) is 16.8 Å². The molecule has 0 saturated carbocycles. The highest BCUT2D eigenvalue weighted by atomic mass is 35.5. The Balaban J connectivity index is 2.36. The minimum Gasteiger partial charge on any atom is -0.504 e. The van der Waals surface area contributed by atoms with E-state index >= 15 is 0 Å². The lowest BCUT2D eigenvalue weighted by Gasteiger charge is -2.25. The molecule has 0 bridgehead atoms. The molecule has 1 atom stereocenters. The van der Waals surface area contributed by atoms with Crippen LogP contribution in [0.5, 0.6) is 11.5 Å². The van der Waals surface area contributed by atoms with E-state index in [1.54, 1.807) is 6.07 Å². The lowest BCUT2D eigenvalue weighted by atomic mass is 9.96. The van der Waals surface area contributed by atoms with Gasteiger partial charge in [-0.15, -0.1) is 0 Å². The third kappa shape index (κ3) is 2.03. The number of rotatable bonds is 1. The molecular formula is C11H14ClNO2. The summed E-state index contributed by atoms with van der Waals surface area (Å²) in [4.78, 5) is 0. The highest BCUT2D eigenvalue weighted by Gasteiger charge is 2.22. The molecule has 1 aliphatic heterocycles. The Morgan fingerprint density at radius 2 is 2.07 bits per heavy atom. The lowest BCUT2D eigenvalue weighted by Crippen LogP contribution is -2.27. The summed E-state index contributed by atoms with van der Waals surface area (Å²) >= 11 is 6.02. The van der Waals surface area contributed by atoms with Crippen molar-refractivity contribution in [2.45, 2.75) is 25.3 Å². The second-order valence-corrected chi connectivity index (χ2v) is 4.24. The van der Waals surface area contributed by atoms with Crippen molar-refractivity contribution in [1.29, 1.82) is 0 Å². The lowest BCUT2D eigenvalue weighted by molar-refractivity contribution is 0.369. The summed E-state index contributed by atoms with van der Waals surface area (Å²) in [5.41, 5.74) is 0.622. The Morgan fingerprint density at radius 3 is 2.73 bits per heavy atom. The Morgan fingerprint density at radius 1 is 1.27 bits per heavy atom. The normalized spacial score (nSPS) is 21.5. The van der Waals surface area contributed by atoms with Gasteiger partial charge in [0.2, 0.25) is 0 Å². The van der Waals surface area contributed by atoms with Gasteiger partial charge >= 0.3 is 0 Å². The number of benzene rings is 1. The van der Waals surface area contributed by atoms with Crippen LogP contribution in [0.4, 0.5) is 0 Å². The van der Waals surface area contributed by atoms with E-state index in [-0.39, 0.29) is 17.5 Å². The highest BCUT2D eigenvalue weighted by molar-refractivity contribution is 6.31. The number of phenols is 2. The number of aromatic hydroxyl groups is 2. The summed E-state index contributed by atoms with van der Waals surface area (Å²) in [6.45, 7) is 0.927. The second kappa shape index (κ2) is 4.29. The first-order chi connectivity index (χ1) is 7.20. The van der Waals surface area contributed by atoms with Gasteiger partial charge in [0.05, 0.1) is 0 Å². The van der Waals surface area contributed by atoms with Crippen LogP contribution in [-0.2, 0) is 0 Å². The monoisotopic (exact) mass is 227 g/mol. The Kier molecular flexibility index (Phi) is 3.03. The number of piperidine rings is 1. The van der Waals surface area contributed by atoms with Gasteiger partial charge in [0, 0.05) is 16.6 Å². The maximum absolute atomic E-state index is 9.76. The smallest absolute Gasteiger partial charge is 0.163 e. The Labute approximate surface area is 93.7 Å². The van der Waals surface area contributed by atoms with Crippen molar-refractivity contribution in [3.8, 4) is 11.5 Å². The third-order valence-corrected chi connectivity index (χ3v) is 3.13. The van der Waals surface area contributed by atoms with Crippen LogP contribution in [0.15, 0.2) is 12.1 Å². The Hall–Kier alpha value is -0.930. The molecule has 0 aliphatic carbocycles. The molecule has 1 aromatic carbocycles. The minimum atomic E-state index is -0.109. The van der Waals surface area contributed by atoms with Crippen LogP contribution in [0.2, 0.25) is 5.02 Å². The largest absolute Gasteiger partial charge is 0.504 e. The number of hydrogen-bond donors (Lipinski definition) is 3. The van der Waals surface area contributed by atoms with Crippen LogP contribution >= 0.6 is 11.6 Å². The van der Waals surface area contributed by atoms with E-state index in [2.05, 4.69) is 5.32 Å². The van der Waals surface area contributed by atoms with Gasteiger partial charge in [-0.2, -0.15) is 0 Å². The van der Waals surface area contributed by atoms with Gasteiger partial charge in [-0.3, -0.25) is 0 Å². The molecule has 82 valence electrons. The molecule has 1 fully saturated rings. The van der Waals surface area contributed by atoms with Gasteiger partial charge in [0.15, 0.2) is 11.5 Å². The zero-order valence-corrected chi connectivity index (χ0v) is 9.09. The first-order valence-corrected chi connectivity index (χ1v) is 5.51. The van der Waals surface area contributed by atoms with Crippen LogP contribution in [0.1, 0.15) is 30.9 Å². The number of halogens is 1. The summed E-state index contributed by atoms with van der Waals surface area (Å²) in [7, 11) is 0. The van der Waals surface area contributed by atoms with E-state index in [9.17, 15) is 10.2 Å². The minimum absolute atomic E-state index is 0.0540. The molecule has 0 radical (unpaired) electrons. The molecular weight excluding hydrogens is 214 g/mol. The predicted molar refractivity (Wildman–Crippen MR) is 59.4 cm³/mol. The average molecular weight is 228 g/mol. The summed E-state index contributed by atoms with van der Waals surface area (Å²) in [5.74, 6) is -0.205. The quantitative estimate of drug-likeness (QED) is 0.647. The van der Waals surface area contributed by atoms with Crippen molar-refractivity contribution >= 4 is 11.6 Å². The molecule has 1 unspecified atom stereocenters. The number of nitrogens with one attached hydrogen (secondary N) is 1. The molecule has 3 N–H and O–H groups in total. The van der Waals surface area contributed by atoms with E-state index in [0.717, 1.165) is 25.8 Å². The zero-order valence-electron chi connectivity index (χ0n) is 8.33. The summed E-state index contributed by atoms with van der Waals surface area (Å²) in [6.07, 6.45) is 3.20. The molecule has 0 spiro atoms. The zero-order chi connectivity index (χ0) is 10.8. The molecule has 0 amide bonds. The predicted octanol–water partition coefficient (Wildman–Crippen LogP) is 2.57. The second-order valence-electron chi connectivity index (χ2n) is 3.83. The molecule has 4 heteroatoms. The van der Waals surface area contributed by atoms with Crippen molar-refractivity contribution in [2.75, 3.05) is 6.54 Å².